The van der Waals surface area contributed by atoms with Gasteiger partial charge in [0.15, 0.2) is 0 Å². The first kappa shape index (κ1) is 20.9. The average Bonchev–Trinajstić information content (AvgIpc) is 3.42. The van der Waals surface area contributed by atoms with Crippen LogP contribution < -0.4 is 5.32 Å². The molecule has 0 aliphatic carbocycles. The number of pyridine rings is 1. The Morgan fingerprint density at radius 1 is 1.00 bits per heavy atom. The van der Waals surface area contributed by atoms with Gasteiger partial charge in [0, 0.05) is 30.8 Å². The summed E-state index contributed by atoms with van der Waals surface area (Å²) in [4.78, 5) is 20.2. The summed E-state index contributed by atoms with van der Waals surface area (Å²) in [6, 6.07) is 17.0. The summed E-state index contributed by atoms with van der Waals surface area (Å²) in [5, 5.41) is 3.38. The van der Waals surface area contributed by atoms with Gasteiger partial charge in [-0.25, -0.2) is 4.98 Å². The molecule has 3 aliphatic rings. The number of ether oxygens (including phenoxy) is 1. The lowest BCUT2D eigenvalue weighted by molar-refractivity contribution is -0.150. The van der Waals surface area contributed by atoms with Crippen molar-refractivity contribution in [3.05, 3.63) is 72.2 Å². The van der Waals surface area contributed by atoms with E-state index < -0.39 is 0 Å². The molecule has 6 heteroatoms. The minimum Gasteiger partial charge on any atom is -0.461 e. The molecule has 5 heterocycles. The van der Waals surface area contributed by atoms with Gasteiger partial charge in [0.1, 0.15) is 11.8 Å². The lowest BCUT2D eigenvalue weighted by Gasteiger charge is -2.42. The van der Waals surface area contributed by atoms with Crippen LogP contribution in [0.15, 0.2) is 60.9 Å². The van der Waals surface area contributed by atoms with Crippen LogP contribution in [-0.2, 0) is 14.9 Å². The van der Waals surface area contributed by atoms with Gasteiger partial charge >= 0.3 is 5.97 Å². The Labute approximate surface area is 195 Å². The third kappa shape index (κ3) is 3.65. The molecule has 6 rings (SSSR count). The molecule has 0 bridgehead atoms. The van der Waals surface area contributed by atoms with Gasteiger partial charge in [-0.1, -0.05) is 36.4 Å². The molecular weight excluding hydrogens is 412 g/mol. The van der Waals surface area contributed by atoms with Crippen LogP contribution >= 0.6 is 0 Å². The zero-order chi connectivity index (χ0) is 22.3. The number of fused-ring (bicyclic) bond motifs is 1. The minimum absolute atomic E-state index is 0.0232. The number of carbonyl (C=O) groups excluding carboxylic acids is 1. The van der Waals surface area contributed by atoms with Gasteiger partial charge in [0.2, 0.25) is 0 Å². The molecule has 0 saturated carbocycles. The molecule has 1 atom stereocenters. The normalized spacial score (nSPS) is 24.8. The fourth-order valence-electron chi connectivity index (χ4n) is 6.27. The van der Waals surface area contributed by atoms with Crippen LogP contribution in [0.2, 0.25) is 0 Å². The molecule has 2 aromatic heterocycles. The summed E-state index contributed by atoms with van der Waals surface area (Å²) < 4.78 is 8.02. The van der Waals surface area contributed by atoms with Gasteiger partial charge < -0.3 is 14.5 Å². The third-order valence-corrected chi connectivity index (χ3v) is 8.24. The summed E-state index contributed by atoms with van der Waals surface area (Å²) in [6.07, 6.45) is 9.02. The van der Waals surface area contributed by atoms with Crippen LogP contribution in [0.5, 0.6) is 0 Å². The van der Waals surface area contributed by atoms with Gasteiger partial charge in [0.25, 0.3) is 0 Å². The van der Waals surface area contributed by atoms with E-state index in [1.54, 1.807) is 0 Å². The zero-order valence-electron chi connectivity index (χ0n) is 19.1. The number of carbonyl (C=O) groups is 1. The van der Waals surface area contributed by atoms with Gasteiger partial charge in [-0.05, 0) is 69.6 Å². The lowest BCUT2D eigenvalue weighted by atomic mass is 9.70. The van der Waals surface area contributed by atoms with Crippen molar-refractivity contribution in [2.75, 3.05) is 32.7 Å². The van der Waals surface area contributed by atoms with E-state index >= 15 is 0 Å². The topological polar surface area (TPSA) is 58.9 Å². The molecule has 0 amide bonds. The molecule has 3 aromatic rings. The van der Waals surface area contributed by atoms with Crippen LogP contribution in [0.3, 0.4) is 0 Å². The molecule has 6 nitrogen and oxygen atoms in total. The highest BCUT2D eigenvalue weighted by Crippen LogP contribution is 2.44. The minimum atomic E-state index is -0.240. The molecular formula is C27H32N4O2. The van der Waals surface area contributed by atoms with E-state index in [2.05, 4.69) is 63.4 Å². The molecule has 1 aromatic carbocycles. The second-order valence-electron chi connectivity index (χ2n) is 10.1. The van der Waals surface area contributed by atoms with Crippen LogP contribution in [0.4, 0.5) is 0 Å². The molecule has 1 spiro atoms. The standard InChI is InChI=1S/C27H32N4O2/c32-25-26(9-13-28-14-10-26)18-22(33-25)19-30-16-11-27(12-17-30,21-6-2-1-3-7-21)23-20-31-15-5-4-8-24(31)29-23/h1-8,15,20,22,28H,9-14,16-19H2. The van der Waals surface area contributed by atoms with Crippen molar-refractivity contribution in [3.8, 4) is 0 Å². The van der Waals surface area contributed by atoms with Crippen molar-refractivity contribution in [2.45, 2.75) is 43.6 Å². The molecule has 1 N–H and O–H groups in total. The van der Waals surface area contributed by atoms with E-state index in [4.69, 9.17) is 9.72 Å². The molecule has 0 radical (unpaired) electrons. The van der Waals surface area contributed by atoms with Crippen molar-refractivity contribution < 1.29 is 9.53 Å². The second-order valence-corrected chi connectivity index (χ2v) is 10.1. The Morgan fingerprint density at radius 3 is 2.52 bits per heavy atom. The summed E-state index contributed by atoms with van der Waals surface area (Å²) in [7, 11) is 0. The smallest absolute Gasteiger partial charge is 0.312 e. The van der Waals surface area contributed by atoms with Crippen molar-refractivity contribution >= 4 is 11.6 Å². The van der Waals surface area contributed by atoms with E-state index in [9.17, 15) is 4.79 Å². The molecule has 172 valence electrons. The number of hydrogen-bond donors (Lipinski definition) is 1. The van der Waals surface area contributed by atoms with E-state index in [0.717, 1.165) is 76.2 Å². The van der Waals surface area contributed by atoms with Crippen LogP contribution in [-0.4, -0.2) is 59.1 Å². The van der Waals surface area contributed by atoms with Crippen molar-refractivity contribution in [2.24, 2.45) is 5.41 Å². The Balaban J connectivity index is 1.21. The first-order valence-corrected chi connectivity index (χ1v) is 12.3. The number of rotatable bonds is 4. The lowest BCUT2D eigenvalue weighted by Crippen LogP contribution is -2.46. The fraction of sp³-hybridized carbons (Fsp3) is 0.481. The van der Waals surface area contributed by atoms with E-state index in [-0.39, 0.29) is 22.9 Å². The molecule has 33 heavy (non-hydrogen) atoms. The molecule has 1 unspecified atom stereocenters. The van der Waals surface area contributed by atoms with Crippen molar-refractivity contribution in [3.63, 3.8) is 0 Å². The summed E-state index contributed by atoms with van der Waals surface area (Å²) in [6.45, 7) is 4.64. The van der Waals surface area contributed by atoms with Gasteiger partial charge in [-0.15, -0.1) is 0 Å². The second kappa shape index (κ2) is 8.26. The third-order valence-electron chi connectivity index (χ3n) is 8.24. The van der Waals surface area contributed by atoms with Crippen LogP contribution in [0.25, 0.3) is 5.65 Å². The number of piperidine rings is 2. The maximum atomic E-state index is 12.7. The quantitative estimate of drug-likeness (QED) is 0.625. The number of nitrogens with one attached hydrogen (secondary N) is 1. The summed E-state index contributed by atoms with van der Waals surface area (Å²) >= 11 is 0. The number of imidazole rings is 1. The number of likely N-dealkylation sites (tertiary alicyclic amines) is 1. The fourth-order valence-corrected chi connectivity index (χ4v) is 6.27. The van der Waals surface area contributed by atoms with E-state index in [1.807, 2.05) is 12.1 Å². The molecule has 3 fully saturated rings. The predicted octanol–water partition coefficient (Wildman–Crippen LogP) is 3.40. The van der Waals surface area contributed by atoms with Crippen molar-refractivity contribution in [1.82, 2.24) is 19.6 Å². The number of aromatic nitrogens is 2. The van der Waals surface area contributed by atoms with Gasteiger partial charge in [0.05, 0.1) is 11.1 Å². The van der Waals surface area contributed by atoms with Gasteiger partial charge in [-0.3, -0.25) is 9.69 Å². The predicted molar refractivity (Wildman–Crippen MR) is 127 cm³/mol. The van der Waals surface area contributed by atoms with Gasteiger partial charge in [-0.2, -0.15) is 0 Å². The Morgan fingerprint density at radius 2 is 1.76 bits per heavy atom. The first-order valence-electron chi connectivity index (χ1n) is 12.3. The maximum Gasteiger partial charge on any atom is 0.312 e. The Bertz CT molecular complexity index is 1090. The van der Waals surface area contributed by atoms with Crippen LogP contribution in [0, 0.1) is 5.41 Å². The number of nitrogens with zero attached hydrogens (tertiary/aromatic N) is 3. The Kier molecular flexibility index (Phi) is 5.23. The highest BCUT2D eigenvalue weighted by molar-refractivity contribution is 5.79. The van der Waals surface area contributed by atoms with E-state index in [0.29, 0.717) is 0 Å². The SMILES string of the molecule is O=C1OC(CN2CCC(c3ccccc3)(c3cn4ccccc4n3)CC2)CC12CCNCC2. The van der Waals surface area contributed by atoms with Crippen LogP contribution in [0.1, 0.15) is 43.4 Å². The summed E-state index contributed by atoms with van der Waals surface area (Å²) in [5.41, 5.74) is 3.16. The first-order chi connectivity index (χ1) is 16.2. The zero-order valence-corrected chi connectivity index (χ0v) is 19.1. The summed E-state index contributed by atoms with van der Waals surface area (Å²) in [5.74, 6) is 0.0364. The average molecular weight is 445 g/mol. The number of cyclic esters (lactones) is 1. The molecule has 3 aliphatic heterocycles. The highest BCUT2D eigenvalue weighted by atomic mass is 16.6. The maximum absolute atomic E-state index is 12.7. The Hall–Kier alpha value is -2.70. The molecule has 3 saturated heterocycles. The van der Waals surface area contributed by atoms with Crippen molar-refractivity contribution in [1.29, 1.82) is 0 Å². The number of hydrogen-bond acceptors (Lipinski definition) is 5. The number of benzene rings is 1. The largest absolute Gasteiger partial charge is 0.461 e. The van der Waals surface area contributed by atoms with E-state index in [1.165, 1.54) is 5.56 Å². The highest BCUT2D eigenvalue weighted by Gasteiger charge is 2.50. The monoisotopic (exact) mass is 444 g/mol. The number of esters is 1.